The van der Waals surface area contributed by atoms with Crippen molar-refractivity contribution in [1.82, 2.24) is 15.0 Å². The standard InChI is InChI=1S/C26H24IN3O2/c1-15-6-9-20(17(3)12-15)24-28-25(21-10-7-16(2)13-18(21)4)30-26(29-24)22-11-8-19(32-27-5)14-23(22)31/h6-14,31H,5H2,1-4H3. The Bertz CT molecular complexity index is 1270. The van der Waals surface area contributed by atoms with E-state index in [1.165, 1.54) is 11.1 Å². The Morgan fingerprint density at radius 2 is 1.16 bits per heavy atom. The number of rotatable bonds is 5. The molecule has 0 aliphatic rings. The first-order valence-corrected chi connectivity index (χ1v) is 12.6. The van der Waals surface area contributed by atoms with Crippen LogP contribution in [-0.4, -0.2) is 24.6 Å². The molecular weight excluding hydrogens is 513 g/mol. The van der Waals surface area contributed by atoms with E-state index in [1.54, 1.807) is 18.2 Å². The normalized spacial score (nSPS) is 10.9. The van der Waals surface area contributed by atoms with E-state index in [1.807, 2.05) is 38.1 Å². The second-order valence-corrected chi connectivity index (χ2v) is 8.87. The van der Waals surface area contributed by atoms with Gasteiger partial charge in [0.1, 0.15) is 32.6 Å². The van der Waals surface area contributed by atoms with Crippen LogP contribution in [0.15, 0.2) is 54.6 Å². The van der Waals surface area contributed by atoms with Crippen molar-refractivity contribution >= 4 is 25.7 Å². The summed E-state index contributed by atoms with van der Waals surface area (Å²) in [5.74, 6) is 2.21. The zero-order valence-electron chi connectivity index (χ0n) is 18.5. The summed E-state index contributed by atoms with van der Waals surface area (Å²) in [6.45, 7) is 8.22. The third-order valence-electron chi connectivity index (χ3n) is 5.23. The first-order chi connectivity index (χ1) is 15.4. The van der Waals surface area contributed by atoms with Gasteiger partial charge in [0.15, 0.2) is 17.5 Å². The van der Waals surface area contributed by atoms with Crippen LogP contribution in [-0.2, 0) is 0 Å². The molecule has 0 amide bonds. The van der Waals surface area contributed by atoms with E-state index >= 15 is 0 Å². The van der Waals surface area contributed by atoms with Gasteiger partial charge in [-0.25, -0.2) is 15.0 Å². The van der Waals surface area contributed by atoms with Crippen LogP contribution < -0.4 is 3.07 Å². The number of benzene rings is 3. The first-order valence-electron chi connectivity index (χ1n) is 10.2. The number of phenolic OH excluding ortho intramolecular Hbond substituents is 1. The number of phenols is 1. The van der Waals surface area contributed by atoms with Gasteiger partial charge >= 0.3 is 0 Å². The monoisotopic (exact) mass is 537 g/mol. The predicted molar refractivity (Wildman–Crippen MR) is 139 cm³/mol. The van der Waals surface area contributed by atoms with Gasteiger partial charge in [0, 0.05) is 17.2 Å². The lowest BCUT2D eigenvalue weighted by Crippen LogP contribution is -2.02. The first kappa shape index (κ1) is 22.1. The van der Waals surface area contributed by atoms with Gasteiger partial charge in [-0.3, -0.25) is 0 Å². The van der Waals surface area contributed by atoms with Crippen LogP contribution >= 0.6 is 21.1 Å². The average Bonchev–Trinajstić information content (AvgIpc) is 2.74. The molecule has 162 valence electrons. The summed E-state index contributed by atoms with van der Waals surface area (Å²) in [4.78, 5) is 14.3. The lowest BCUT2D eigenvalue weighted by molar-refractivity contribution is 0.474. The molecule has 0 unspecified atom stereocenters. The topological polar surface area (TPSA) is 68.1 Å². The van der Waals surface area contributed by atoms with Gasteiger partial charge in [0.05, 0.1) is 5.56 Å². The van der Waals surface area contributed by atoms with E-state index in [9.17, 15) is 5.11 Å². The van der Waals surface area contributed by atoms with E-state index < -0.39 is 21.1 Å². The van der Waals surface area contributed by atoms with Crippen molar-refractivity contribution in [2.45, 2.75) is 27.7 Å². The minimum Gasteiger partial charge on any atom is -0.507 e. The smallest absolute Gasteiger partial charge is 0.167 e. The number of hydrogen-bond acceptors (Lipinski definition) is 5. The minimum atomic E-state index is -0.637. The molecule has 0 radical (unpaired) electrons. The highest BCUT2D eigenvalue weighted by molar-refractivity contribution is 14.2. The summed E-state index contributed by atoms with van der Waals surface area (Å²) in [7, 11) is 0. The highest BCUT2D eigenvalue weighted by Gasteiger charge is 2.17. The van der Waals surface area contributed by atoms with Gasteiger partial charge in [-0.05, 0) is 55.5 Å². The molecule has 0 aliphatic carbocycles. The molecule has 3 aromatic carbocycles. The van der Waals surface area contributed by atoms with Crippen LogP contribution in [0.5, 0.6) is 11.5 Å². The van der Waals surface area contributed by atoms with Gasteiger partial charge in [-0.2, -0.15) is 0 Å². The van der Waals surface area contributed by atoms with Crippen LogP contribution in [0.2, 0.25) is 0 Å². The van der Waals surface area contributed by atoms with Crippen LogP contribution in [0.4, 0.5) is 0 Å². The quantitative estimate of drug-likeness (QED) is 0.294. The zero-order valence-corrected chi connectivity index (χ0v) is 20.6. The molecular formula is C26H24IN3O2. The third-order valence-corrected chi connectivity index (χ3v) is 6.05. The van der Waals surface area contributed by atoms with E-state index in [0.29, 0.717) is 28.8 Å². The number of aromatic nitrogens is 3. The number of aromatic hydroxyl groups is 1. The molecule has 0 saturated heterocycles. The van der Waals surface area contributed by atoms with Crippen LogP contribution in [0.1, 0.15) is 22.3 Å². The lowest BCUT2D eigenvalue weighted by atomic mass is 10.0. The van der Waals surface area contributed by atoms with Crippen LogP contribution in [0.3, 0.4) is 0 Å². The SMILES string of the molecule is C=IOc1ccc(-c2nc(-c3ccc(C)cc3C)nc(-c3ccc(C)cc3C)n2)c(O)c1. The van der Waals surface area contributed by atoms with Gasteiger partial charge in [-0.15, -0.1) is 0 Å². The fourth-order valence-corrected chi connectivity index (χ4v) is 4.31. The molecule has 0 aliphatic heterocycles. The Morgan fingerprint density at radius 1 is 0.688 bits per heavy atom. The van der Waals surface area contributed by atoms with Crippen molar-refractivity contribution in [1.29, 1.82) is 0 Å². The van der Waals surface area contributed by atoms with E-state index in [0.717, 1.165) is 22.3 Å². The largest absolute Gasteiger partial charge is 0.507 e. The highest BCUT2D eigenvalue weighted by Crippen LogP contribution is 2.34. The predicted octanol–water partition coefficient (Wildman–Crippen LogP) is 6.51. The molecule has 0 fully saturated rings. The third kappa shape index (κ3) is 4.55. The second-order valence-electron chi connectivity index (χ2n) is 7.81. The van der Waals surface area contributed by atoms with E-state index in [-0.39, 0.29) is 5.75 Å². The summed E-state index contributed by atoms with van der Waals surface area (Å²) in [5.41, 5.74) is 6.92. The fourth-order valence-electron chi connectivity index (χ4n) is 3.68. The molecule has 1 N–H and O–H groups in total. The number of nitrogens with zero attached hydrogens (tertiary/aromatic N) is 3. The van der Waals surface area contributed by atoms with Gasteiger partial charge in [0.2, 0.25) is 0 Å². The summed E-state index contributed by atoms with van der Waals surface area (Å²) in [5, 5.41) is 10.7. The maximum Gasteiger partial charge on any atom is 0.167 e. The summed E-state index contributed by atoms with van der Waals surface area (Å²) >= 11 is -0.637. The Hall–Kier alpha value is -3.13. The molecule has 0 bridgehead atoms. The van der Waals surface area contributed by atoms with Crippen LogP contribution in [0.25, 0.3) is 34.2 Å². The highest BCUT2D eigenvalue weighted by atomic mass is 127. The minimum absolute atomic E-state index is 0.0596. The van der Waals surface area contributed by atoms with E-state index in [4.69, 9.17) is 18.0 Å². The van der Waals surface area contributed by atoms with Crippen molar-refractivity contribution < 1.29 is 8.17 Å². The van der Waals surface area contributed by atoms with Crippen LogP contribution in [0, 0.1) is 27.7 Å². The lowest BCUT2D eigenvalue weighted by Gasteiger charge is -2.12. The molecule has 6 heteroatoms. The van der Waals surface area contributed by atoms with Crippen molar-refractivity contribution in [2.75, 3.05) is 0 Å². The molecule has 4 aromatic rings. The Kier molecular flexibility index (Phi) is 6.32. The molecule has 32 heavy (non-hydrogen) atoms. The number of hydrogen-bond donors (Lipinski definition) is 1. The van der Waals surface area contributed by atoms with Crippen molar-refractivity contribution in [3.63, 3.8) is 0 Å². The number of halogens is 1. The molecule has 1 heterocycles. The molecule has 5 nitrogen and oxygen atoms in total. The maximum atomic E-state index is 10.7. The maximum absolute atomic E-state index is 10.7. The average molecular weight is 537 g/mol. The van der Waals surface area contributed by atoms with Gasteiger partial charge < -0.3 is 8.17 Å². The molecule has 4 rings (SSSR count). The summed E-state index contributed by atoms with van der Waals surface area (Å²) < 4.78 is 9.29. The van der Waals surface area contributed by atoms with Gasteiger partial charge in [0.25, 0.3) is 0 Å². The van der Waals surface area contributed by atoms with E-state index in [2.05, 4.69) is 30.5 Å². The molecule has 1 aromatic heterocycles. The van der Waals surface area contributed by atoms with Crippen molar-refractivity contribution in [2.24, 2.45) is 0 Å². The molecule has 0 atom stereocenters. The Labute approximate surface area is 198 Å². The van der Waals surface area contributed by atoms with Crippen molar-refractivity contribution in [3.05, 3.63) is 76.9 Å². The fraction of sp³-hybridized carbons (Fsp3) is 0.154. The Balaban J connectivity index is 1.94. The molecule has 0 spiro atoms. The number of aryl methyl sites for hydroxylation is 4. The Morgan fingerprint density at radius 3 is 1.59 bits per heavy atom. The second kappa shape index (κ2) is 9.16. The zero-order chi connectivity index (χ0) is 22.8. The summed E-state index contributed by atoms with van der Waals surface area (Å²) in [6, 6.07) is 17.5. The van der Waals surface area contributed by atoms with Gasteiger partial charge in [-0.1, -0.05) is 47.5 Å². The van der Waals surface area contributed by atoms with Crippen molar-refractivity contribution in [3.8, 4) is 45.7 Å². The summed E-state index contributed by atoms with van der Waals surface area (Å²) in [6.07, 6.45) is 0. The molecule has 0 saturated carbocycles.